The molecule has 0 aliphatic carbocycles. The maximum atomic E-state index is 12.3. The lowest BCUT2D eigenvalue weighted by molar-refractivity contribution is 0.669. The van der Waals surface area contributed by atoms with Gasteiger partial charge in [-0.2, -0.15) is 0 Å². The summed E-state index contributed by atoms with van der Waals surface area (Å²) in [6.45, 7) is 0.630. The largest absolute Gasteiger partial charge is 0.328 e. The minimum Gasteiger partial charge on any atom is -0.328 e. The van der Waals surface area contributed by atoms with Crippen molar-refractivity contribution in [3.63, 3.8) is 0 Å². The number of H-pyrrole nitrogens is 1. The smallest absolute Gasteiger partial charge is 0.257 e. The summed E-state index contributed by atoms with van der Waals surface area (Å²) < 4.78 is 1.71. The number of rotatable bonds is 5. The van der Waals surface area contributed by atoms with Gasteiger partial charge in [0.2, 0.25) is 0 Å². The number of benzene rings is 2. The minimum atomic E-state index is -0.148. The molecule has 0 atom stereocenters. The summed E-state index contributed by atoms with van der Waals surface area (Å²) in [7, 11) is 0. The van der Waals surface area contributed by atoms with Crippen molar-refractivity contribution < 1.29 is 0 Å². The highest BCUT2D eigenvalue weighted by molar-refractivity contribution is 5.91. The molecule has 5 heteroatoms. The molecular formula is C27H21N3O2. The second-order valence-electron chi connectivity index (χ2n) is 7.67. The lowest BCUT2D eigenvalue weighted by Crippen LogP contribution is -2.18. The number of nitrogens with zero attached hydrogens (tertiary/aromatic N) is 2. The fourth-order valence-electron chi connectivity index (χ4n) is 3.89. The number of aromatic nitrogens is 3. The molecule has 5 aromatic rings. The van der Waals surface area contributed by atoms with Crippen LogP contribution in [0.4, 0.5) is 0 Å². The third kappa shape index (κ3) is 3.88. The quantitative estimate of drug-likeness (QED) is 0.450. The molecule has 0 amide bonds. The van der Waals surface area contributed by atoms with Crippen molar-refractivity contribution in [1.82, 2.24) is 14.5 Å². The minimum absolute atomic E-state index is 0.00646. The summed E-state index contributed by atoms with van der Waals surface area (Å²) in [5, 5.41) is 0.569. The first-order chi connectivity index (χ1) is 15.7. The Morgan fingerprint density at radius 1 is 0.812 bits per heavy atom. The van der Waals surface area contributed by atoms with Gasteiger partial charge in [-0.05, 0) is 35.7 Å². The van der Waals surface area contributed by atoms with E-state index in [4.69, 9.17) is 4.98 Å². The van der Waals surface area contributed by atoms with Crippen LogP contribution in [0.5, 0.6) is 0 Å². The van der Waals surface area contributed by atoms with E-state index in [1.807, 2.05) is 54.7 Å². The van der Waals surface area contributed by atoms with E-state index in [2.05, 4.69) is 29.2 Å². The van der Waals surface area contributed by atoms with E-state index >= 15 is 0 Å². The zero-order chi connectivity index (χ0) is 21.9. The highest BCUT2D eigenvalue weighted by Gasteiger charge is 2.13. The Balaban J connectivity index is 1.53. The Labute approximate surface area is 184 Å². The Morgan fingerprint density at radius 2 is 1.59 bits per heavy atom. The maximum absolute atomic E-state index is 12.3. The van der Waals surface area contributed by atoms with Gasteiger partial charge in [-0.15, -0.1) is 0 Å². The first-order valence-electron chi connectivity index (χ1n) is 10.5. The van der Waals surface area contributed by atoms with Gasteiger partial charge in [0, 0.05) is 36.1 Å². The molecule has 0 aliphatic heterocycles. The van der Waals surface area contributed by atoms with Crippen molar-refractivity contribution in [1.29, 1.82) is 0 Å². The van der Waals surface area contributed by atoms with Crippen molar-refractivity contribution >= 4 is 10.9 Å². The highest BCUT2D eigenvalue weighted by Crippen LogP contribution is 2.32. The maximum Gasteiger partial charge on any atom is 0.257 e. The first-order valence-corrected chi connectivity index (χ1v) is 10.5. The number of hydrogen-bond donors (Lipinski definition) is 1. The van der Waals surface area contributed by atoms with Crippen molar-refractivity contribution in [2.45, 2.75) is 13.0 Å². The molecule has 3 aromatic heterocycles. The van der Waals surface area contributed by atoms with Crippen LogP contribution in [0, 0.1) is 0 Å². The van der Waals surface area contributed by atoms with Crippen LogP contribution in [-0.2, 0) is 13.0 Å². The van der Waals surface area contributed by atoms with Crippen LogP contribution >= 0.6 is 0 Å². The molecule has 0 radical (unpaired) electrons. The molecular weight excluding hydrogens is 398 g/mol. The second-order valence-corrected chi connectivity index (χ2v) is 7.67. The van der Waals surface area contributed by atoms with Crippen molar-refractivity contribution in [2.24, 2.45) is 0 Å². The predicted molar refractivity (Wildman–Crippen MR) is 128 cm³/mol. The monoisotopic (exact) mass is 419 g/mol. The molecule has 5 nitrogen and oxygen atoms in total. The van der Waals surface area contributed by atoms with E-state index < -0.39 is 0 Å². The normalized spacial score (nSPS) is 11.0. The molecule has 3 heterocycles. The number of pyridine rings is 3. The molecule has 0 bridgehead atoms. The van der Waals surface area contributed by atoms with Crippen LogP contribution < -0.4 is 11.1 Å². The molecule has 5 rings (SSSR count). The Hall–Kier alpha value is -4.25. The van der Waals surface area contributed by atoms with Crippen molar-refractivity contribution in [2.75, 3.05) is 0 Å². The van der Waals surface area contributed by atoms with E-state index in [9.17, 15) is 9.59 Å². The number of aromatic amines is 1. The molecule has 156 valence electrons. The summed E-state index contributed by atoms with van der Waals surface area (Å²) in [5.41, 5.74) is 5.40. The van der Waals surface area contributed by atoms with Gasteiger partial charge in [0.15, 0.2) is 0 Å². The summed E-state index contributed by atoms with van der Waals surface area (Å²) in [6.07, 6.45) is 4.19. The molecule has 0 saturated heterocycles. The van der Waals surface area contributed by atoms with Gasteiger partial charge >= 0.3 is 0 Å². The Morgan fingerprint density at radius 3 is 2.38 bits per heavy atom. The van der Waals surface area contributed by atoms with Gasteiger partial charge in [-0.3, -0.25) is 9.59 Å². The molecule has 0 unspecified atom stereocenters. The Bertz CT molecular complexity index is 1500. The fraction of sp³-hybridized carbons (Fsp3) is 0.0741. The third-order valence-corrected chi connectivity index (χ3v) is 5.60. The van der Waals surface area contributed by atoms with E-state index in [0.29, 0.717) is 17.4 Å². The van der Waals surface area contributed by atoms with Crippen LogP contribution in [0.25, 0.3) is 33.3 Å². The molecule has 0 saturated carbocycles. The topological polar surface area (TPSA) is 67.8 Å². The lowest BCUT2D eigenvalue weighted by atomic mass is 9.97. The van der Waals surface area contributed by atoms with Crippen LogP contribution in [-0.4, -0.2) is 14.5 Å². The average Bonchev–Trinajstić information content (AvgIpc) is 2.84. The van der Waals surface area contributed by atoms with E-state index in [1.165, 1.54) is 0 Å². The van der Waals surface area contributed by atoms with Gasteiger partial charge in [0.25, 0.3) is 11.1 Å². The summed E-state index contributed by atoms with van der Waals surface area (Å²) in [6, 6.07) is 27.2. The van der Waals surface area contributed by atoms with Gasteiger partial charge in [0.05, 0.1) is 16.6 Å². The third-order valence-electron chi connectivity index (χ3n) is 5.60. The second kappa shape index (κ2) is 8.47. The highest BCUT2D eigenvalue weighted by atomic mass is 16.1. The van der Waals surface area contributed by atoms with Gasteiger partial charge < -0.3 is 9.55 Å². The molecule has 1 N–H and O–H groups in total. The van der Waals surface area contributed by atoms with Crippen molar-refractivity contribution in [3.05, 3.63) is 124 Å². The van der Waals surface area contributed by atoms with E-state index in [1.54, 1.807) is 22.9 Å². The number of aryl methyl sites for hydroxylation is 2. The first kappa shape index (κ1) is 19.7. The van der Waals surface area contributed by atoms with E-state index in [0.717, 1.165) is 34.4 Å². The van der Waals surface area contributed by atoms with Crippen LogP contribution in [0.3, 0.4) is 0 Å². The zero-order valence-corrected chi connectivity index (χ0v) is 17.4. The average molecular weight is 419 g/mol. The molecule has 0 spiro atoms. The van der Waals surface area contributed by atoms with Crippen LogP contribution in [0.2, 0.25) is 0 Å². The number of nitrogens with one attached hydrogen (secondary N) is 1. The van der Waals surface area contributed by atoms with E-state index in [-0.39, 0.29) is 11.1 Å². The van der Waals surface area contributed by atoms with Crippen LogP contribution in [0.15, 0.2) is 107 Å². The predicted octanol–water partition coefficient (Wildman–Crippen LogP) is 4.66. The number of hydrogen-bond acceptors (Lipinski definition) is 3. The SMILES string of the molecule is O=c1[nH]ccc2nc(-c3ccc(CCn4ccccc4=O)cc3)c(-c3ccccc3)cc12. The standard InChI is InChI=1S/C27H21N3O2/c31-25-8-4-5-16-30(25)17-14-19-9-11-21(12-10-19)26-22(20-6-2-1-3-7-20)18-23-24(29-26)13-15-28-27(23)32/h1-13,15-16,18H,14,17H2,(H,28,32). The van der Waals surface area contributed by atoms with Gasteiger partial charge in [0.1, 0.15) is 0 Å². The van der Waals surface area contributed by atoms with Gasteiger partial charge in [-0.1, -0.05) is 60.7 Å². The molecule has 2 aromatic carbocycles. The molecule has 32 heavy (non-hydrogen) atoms. The van der Waals surface area contributed by atoms with Gasteiger partial charge in [-0.25, -0.2) is 4.98 Å². The Kier molecular flexibility index (Phi) is 5.22. The summed E-state index contributed by atoms with van der Waals surface area (Å²) in [4.78, 5) is 31.8. The molecule has 0 aliphatic rings. The number of fused-ring (bicyclic) bond motifs is 1. The summed E-state index contributed by atoms with van der Waals surface area (Å²) >= 11 is 0. The summed E-state index contributed by atoms with van der Waals surface area (Å²) in [5.74, 6) is 0. The van der Waals surface area contributed by atoms with Crippen LogP contribution in [0.1, 0.15) is 5.56 Å². The molecule has 0 fully saturated rings. The lowest BCUT2D eigenvalue weighted by Gasteiger charge is -2.12. The zero-order valence-electron chi connectivity index (χ0n) is 17.4. The fourth-order valence-corrected chi connectivity index (χ4v) is 3.89. The van der Waals surface area contributed by atoms with Crippen molar-refractivity contribution in [3.8, 4) is 22.4 Å².